The van der Waals surface area contributed by atoms with Crippen molar-refractivity contribution < 1.29 is 4.52 Å². The third-order valence-corrected chi connectivity index (χ3v) is 3.27. The Morgan fingerprint density at radius 1 is 1.41 bits per heavy atom. The second kappa shape index (κ2) is 4.98. The number of hydrogen-bond donors (Lipinski definition) is 1. The summed E-state index contributed by atoms with van der Waals surface area (Å²) in [6, 6.07) is 2.40. The molecule has 0 spiro atoms. The van der Waals surface area contributed by atoms with Crippen LogP contribution in [-0.4, -0.2) is 16.2 Å². The van der Waals surface area contributed by atoms with Crippen molar-refractivity contribution >= 4 is 11.3 Å². The van der Waals surface area contributed by atoms with Crippen LogP contribution in [0, 0.1) is 13.8 Å². The SMILES string of the molecule is Cc1nc(-c2cc(CNC(C)C)no2)c(C)s1. The minimum Gasteiger partial charge on any atom is -0.354 e. The molecule has 0 amide bonds. The summed E-state index contributed by atoms with van der Waals surface area (Å²) in [5.74, 6) is 0.757. The lowest BCUT2D eigenvalue weighted by Crippen LogP contribution is -2.21. The molecule has 2 rings (SSSR count). The van der Waals surface area contributed by atoms with Crippen molar-refractivity contribution in [2.45, 2.75) is 40.3 Å². The van der Waals surface area contributed by atoms with Crippen molar-refractivity contribution in [2.75, 3.05) is 0 Å². The van der Waals surface area contributed by atoms with Crippen LogP contribution in [0.4, 0.5) is 0 Å². The Labute approximate surface area is 105 Å². The largest absolute Gasteiger partial charge is 0.354 e. The third kappa shape index (κ3) is 2.92. The second-order valence-corrected chi connectivity index (χ2v) is 5.76. The van der Waals surface area contributed by atoms with E-state index in [1.165, 1.54) is 4.88 Å². The van der Waals surface area contributed by atoms with Gasteiger partial charge < -0.3 is 9.84 Å². The van der Waals surface area contributed by atoms with Gasteiger partial charge >= 0.3 is 0 Å². The van der Waals surface area contributed by atoms with E-state index in [1.54, 1.807) is 11.3 Å². The van der Waals surface area contributed by atoms with Gasteiger partial charge in [0.2, 0.25) is 0 Å². The van der Waals surface area contributed by atoms with Gasteiger partial charge in [-0.05, 0) is 13.8 Å². The molecule has 2 heterocycles. The lowest BCUT2D eigenvalue weighted by molar-refractivity contribution is 0.416. The van der Waals surface area contributed by atoms with Gasteiger partial charge in [-0.15, -0.1) is 11.3 Å². The lowest BCUT2D eigenvalue weighted by atomic mass is 10.2. The van der Waals surface area contributed by atoms with Gasteiger partial charge in [-0.25, -0.2) is 4.98 Å². The van der Waals surface area contributed by atoms with Crippen LogP contribution in [0.15, 0.2) is 10.6 Å². The molecule has 0 unspecified atom stereocenters. The second-order valence-electron chi connectivity index (χ2n) is 4.36. The highest BCUT2D eigenvalue weighted by atomic mass is 32.1. The van der Waals surface area contributed by atoms with Crippen molar-refractivity contribution in [3.05, 3.63) is 21.6 Å². The van der Waals surface area contributed by atoms with Gasteiger partial charge in [0.1, 0.15) is 5.69 Å². The highest BCUT2D eigenvalue weighted by Gasteiger charge is 2.13. The Morgan fingerprint density at radius 2 is 2.18 bits per heavy atom. The van der Waals surface area contributed by atoms with E-state index in [0.29, 0.717) is 6.04 Å². The van der Waals surface area contributed by atoms with Crippen LogP contribution >= 0.6 is 11.3 Å². The van der Waals surface area contributed by atoms with E-state index < -0.39 is 0 Å². The monoisotopic (exact) mass is 251 g/mol. The Kier molecular flexibility index (Phi) is 3.59. The normalized spacial score (nSPS) is 11.4. The molecule has 0 bridgehead atoms. The summed E-state index contributed by atoms with van der Waals surface area (Å²) >= 11 is 1.68. The molecule has 0 atom stereocenters. The van der Waals surface area contributed by atoms with Gasteiger partial charge in [-0.1, -0.05) is 19.0 Å². The van der Waals surface area contributed by atoms with Gasteiger partial charge in [0.15, 0.2) is 5.76 Å². The molecule has 0 aliphatic rings. The van der Waals surface area contributed by atoms with Gasteiger partial charge in [0, 0.05) is 23.5 Å². The first-order valence-corrected chi connectivity index (χ1v) is 6.51. The van der Waals surface area contributed by atoms with Gasteiger partial charge in [-0.2, -0.15) is 0 Å². The first kappa shape index (κ1) is 12.3. The molecular weight excluding hydrogens is 234 g/mol. The first-order chi connectivity index (χ1) is 8.06. The Bertz CT molecular complexity index is 502. The van der Waals surface area contributed by atoms with E-state index in [2.05, 4.69) is 36.2 Å². The molecule has 1 N–H and O–H groups in total. The highest BCUT2D eigenvalue weighted by molar-refractivity contribution is 7.11. The maximum absolute atomic E-state index is 5.33. The topological polar surface area (TPSA) is 51.0 Å². The van der Waals surface area contributed by atoms with Crippen molar-refractivity contribution in [2.24, 2.45) is 0 Å². The molecule has 2 aromatic heterocycles. The van der Waals surface area contributed by atoms with Crippen LogP contribution in [-0.2, 0) is 6.54 Å². The quantitative estimate of drug-likeness (QED) is 0.907. The van der Waals surface area contributed by atoms with Crippen LogP contribution in [0.5, 0.6) is 0 Å². The summed E-state index contributed by atoms with van der Waals surface area (Å²) in [7, 11) is 0. The molecule has 0 aromatic carbocycles. The van der Waals surface area contributed by atoms with Gasteiger partial charge in [0.05, 0.1) is 10.7 Å². The van der Waals surface area contributed by atoms with E-state index in [4.69, 9.17) is 4.52 Å². The summed E-state index contributed by atoms with van der Waals surface area (Å²) < 4.78 is 5.33. The van der Waals surface area contributed by atoms with Crippen molar-refractivity contribution in [3.63, 3.8) is 0 Å². The summed E-state index contributed by atoms with van der Waals surface area (Å²) in [5.41, 5.74) is 1.83. The van der Waals surface area contributed by atoms with E-state index in [0.717, 1.165) is 28.7 Å². The smallest absolute Gasteiger partial charge is 0.186 e. The minimum absolute atomic E-state index is 0.443. The number of nitrogens with zero attached hydrogens (tertiary/aromatic N) is 2. The summed E-state index contributed by atoms with van der Waals surface area (Å²) in [4.78, 5) is 5.62. The molecule has 0 aliphatic heterocycles. The summed E-state index contributed by atoms with van der Waals surface area (Å²) in [6.07, 6.45) is 0. The fourth-order valence-corrected chi connectivity index (χ4v) is 2.40. The molecule has 5 heteroatoms. The molecule has 0 radical (unpaired) electrons. The standard InChI is InChI=1S/C12H17N3OS/c1-7(2)13-6-10-5-11(16-15-10)12-8(3)17-9(4)14-12/h5,7,13H,6H2,1-4H3. The fourth-order valence-electron chi connectivity index (χ4n) is 1.57. The van der Waals surface area contributed by atoms with E-state index in [9.17, 15) is 0 Å². The molecule has 0 aliphatic carbocycles. The fraction of sp³-hybridized carbons (Fsp3) is 0.500. The van der Waals surface area contributed by atoms with Crippen molar-refractivity contribution in [3.8, 4) is 11.5 Å². The average molecular weight is 251 g/mol. The Hall–Kier alpha value is -1.20. The minimum atomic E-state index is 0.443. The van der Waals surface area contributed by atoms with Crippen molar-refractivity contribution in [1.82, 2.24) is 15.5 Å². The summed E-state index contributed by atoms with van der Waals surface area (Å²) in [6.45, 7) is 8.99. The predicted molar refractivity (Wildman–Crippen MR) is 69.1 cm³/mol. The van der Waals surface area contributed by atoms with Gasteiger partial charge in [-0.3, -0.25) is 0 Å². The molecule has 2 aromatic rings. The molecule has 92 valence electrons. The maximum atomic E-state index is 5.33. The maximum Gasteiger partial charge on any atom is 0.186 e. The zero-order chi connectivity index (χ0) is 12.4. The molecule has 0 saturated heterocycles. The van der Waals surface area contributed by atoms with E-state index >= 15 is 0 Å². The van der Waals surface area contributed by atoms with Crippen LogP contribution in [0.1, 0.15) is 29.4 Å². The Morgan fingerprint density at radius 3 is 2.76 bits per heavy atom. The average Bonchev–Trinajstić information content (AvgIpc) is 2.82. The lowest BCUT2D eigenvalue weighted by Gasteiger charge is -2.03. The van der Waals surface area contributed by atoms with Crippen LogP contribution in [0.3, 0.4) is 0 Å². The van der Waals surface area contributed by atoms with E-state index in [1.807, 2.05) is 13.0 Å². The Balaban J connectivity index is 2.15. The number of aryl methyl sites for hydroxylation is 2. The molecular formula is C12H17N3OS. The van der Waals surface area contributed by atoms with Crippen molar-refractivity contribution in [1.29, 1.82) is 0 Å². The third-order valence-electron chi connectivity index (χ3n) is 2.39. The first-order valence-electron chi connectivity index (χ1n) is 5.69. The summed E-state index contributed by atoms with van der Waals surface area (Å²) in [5, 5.41) is 8.40. The van der Waals surface area contributed by atoms with Crippen LogP contribution in [0.2, 0.25) is 0 Å². The molecule has 0 saturated carbocycles. The zero-order valence-electron chi connectivity index (χ0n) is 10.6. The number of nitrogens with one attached hydrogen (secondary N) is 1. The number of aromatic nitrogens is 2. The number of rotatable bonds is 4. The number of hydrogen-bond acceptors (Lipinski definition) is 5. The van der Waals surface area contributed by atoms with Crippen LogP contribution < -0.4 is 5.32 Å². The highest BCUT2D eigenvalue weighted by Crippen LogP contribution is 2.27. The molecule has 4 nitrogen and oxygen atoms in total. The van der Waals surface area contributed by atoms with Gasteiger partial charge in [0.25, 0.3) is 0 Å². The molecule has 0 fully saturated rings. The van der Waals surface area contributed by atoms with Crippen LogP contribution in [0.25, 0.3) is 11.5 Å². The number of thiazole rings is 1. The molecule has 17 heavy (non-hydrogen) atoms. The zero-order valence-corrected chi connectivity index (χ0v) is 11.4. The van der Waals surface area contributed by atoms with E-state index in [-0.39, 0.29) is 0 Å². The predicted octanol–water partition coefficient (Wildman–Crippen LogP) is 2.91.